The van der Waals surface area contributed by atoms with Crippen molar-refractivity contribution in [3.05, 3.63) is 17.6 Å². The lowest BCUT2D eigenvalue weighted by Gasteiger charge is -2.28. The highest BCUT2D eigenvalue weighted by molar-refractivity contribution is 6.04. The van der Waals surface area contributed by atoms with Crippen LogP contribution < -0.4 is 4.90 Å². The van der Waals surface area contributed by atoms with Gasteiger partial charge in [-0.25, -0.2) is 19.6 Å². The van der Waals surface area contributed by atoms with Gasteiger partial charge in [0, 0.05) is 13.1 Å². The Hall–Kier alpha value is -2.18. The molecule has 7 nitrogen and oxygen atoms in total. The van der Waals surface area contributed by atoms with Gasteiger partial charge in [0.2, 0.25) is 0 Å². The molecule has 0 saturated carbocycles. The molecule has 1 aliphatic heterocycles. The molecule has 2 heterocycles. The topological polar surface area (TPSA) is 92.6 Å². The van der Waals surface area contributed by atoms with Crippen LogP contribution in [0, 0.1) is 0 Å². The van der Waals surface area contributed by atoms with Gasteiger partial charge in [-0.1, -0.05) is 0 Å². The highest BCUT2D eigenvalue weighted by Crippen LogP contribution is 2.24. The van der Waals surface area contributed by atoms with Crippen LogP contribution in [-0.2, 0) is 4.74 Å². The molecule has 2 rings (SSSR count). The third-order valence-corrected chi connectivity index (χ3v) is 3.07. The van der Waals surface area contributed by atoms with Crippen LogP contribution in [0.4, 0.5) is 5.82 Å². The number of rotatable bonds is 3. The van der Waals surface area contributed by atoms with Crippen LogP contribution in [0.2, 0.25) is 0 Å². The van der Waals surface area contributed by atoms with E-state index in [0.717, 1.165) is 32.4 Å². The SMILES string of the molecule is COC(=O)c1c(C(=O)O)ncnc1N1CCCCC1. The number of carboxylic acid groups (broad SMARTS) is 1. The van der Waals surface area contributed by atoms with Crippen LogP contribution in [0.3, 0.4) is 0 Å². The van der Waals surface area contributed by atoms with Crippen LogP contribution in [0.25, 0.3) is 0 Å². The van der Waals surface area contributed by atoms with Gasteiger partial charge < -0.3 is 14.7 Å². The van der Waals surface area contributed by atoms with Crippen molar-refractivity contribution in [2.75, 3.05) is 25.1 Å². The molecule has 0 radical (unpaired) electrons. The lowest BCUT2D eigenvalue weighted by atomic mass is 10.1. The molecule has 19 heavy (non-hydrogen) atoms. The first-order chi connectivity index (χ1) is 9.15. The summed E-state index contributed by atoms with van der Waals surface area (Å²) in [5, 5.41) is 9.12. The Labute approximate surface area is 110 Å². The van der Waals surface area contributed by atoms with Crippen LogP contribution in [-0.4, -0.2) is 47.2 Å². The summed E-state index contributed by atoms with van der Waals surface area (Å²) in [5.41, 5.74) is -0.387. The second-order valence-corrected chi connectivity index (χ2v) is 4.27. The van der Waals surface area contributed by atoms with E-state index in [1.54, 1.807) is 0 Å². The lowest BCUT2D eigenvalue weighted by molar-refractivity contribution is 0.0580. The zero-order valence-electron chi connectivity index (χ0n) is 10.6. The minimum atomic E-state index is -1.26. The number of carbonyl (C=O) groups is 2. The number of anilines is 1. The van der Waals surface area contributed by atoms with Gasteiger partial charge in [0.15, 0.2) is 5.69 Å². The summed E-state index contributed by atoms with van der Waals surface area (Å²) >= 11 is 0. The molecule has 102 valence electrons. The molecule has 0 aromatic carbocycles. The van der Waals surface area contributed by atoms with Crippen molar-refractivity contribution in [2.45, 2.75) is 19.3 Å². The van der Waals surface area contributed by atoms with Gasteiger partial charge in [0.1, 0.15) is 17.7 Å². The second-order valence-electron chi connectivity index (χ2n) is 4.27. The van der Waals surface area contributed by atoms with Gasteiger partial charge in [-0.05, 0) is 19.3 Å². The first-order valence-electron chi connectivity index (χ1n) is 6.06. The number of nitrogens with zero attached hydrogens (tertiary/aromatic N) is 3. The van der Waals surface area contributed by atoms with E-state index in [-0.39, 0.29) is 11.3 Å². The fourth-order valence-corrected chi connectivity index (χ4v) is 2.17. The number of hydrogen-bond acceptors (Lipinski definition) is 6. The van der Waals surface area contributed by atoms with E-state index >= 15 is 0 Å². The molecule has 0 bridgehead atoms. The van der Waals surface area contributed by atoms with Gasteiger partial charge >= 0.3 is 11.9 Å². The molecule has 1 aromatic heterocycles. The van der Waals surface area contributed by atoms with E-state index in [2.05, 4.69) is 14.7 Å². The molecular formula is C12H15N3O4. The summed E-state index contributed by atoms with van der Waals surface area (Å²) in [4.78, 5) is 32.6. The highest BCUT2D eigenvalue weighted by Gasteiger charge is 2.27. The fourth-order valence-electron chi connectivity index (χ4n) is 2.17. The summed E-state index contributed by atoms with van der Waals surface area (Å²) in [7, 11) is 1.21. The number of esters is 1. The number of aromatic nitrogens is 2. The third kappa shape index (κ3) is 2.64. The van der Waals surface area contributed by atoms with Crippen LogP contribution in [0.5, 0.6) is 0 Å². The molecule has 0 atom stereocenters. The maximum Gasteiger partial charge on any atom is 0.355 e. The number of hydrogen-bond donors (Lipinski definition) is 1. The third-order valence-electron chi connectivity index (χ3n) is 3.07. The summed E-state index contributed by atoms with van der Waals surface area (Å²) < 4.78 is 4.65. The normalized spacial score (nSPS) is 15.1. The van der Waals surface area contributed by atoms with Crippen molar-refractivity contribution in [1.82, 2.24) is 9.97 Å². The number of carbonyl (C=O) groups excluding carboxylic acids is 1. The fraction of sp³-hybridized carbons (Fsp3) is 0.500. The maximum atomic E-state index is 11.8. The van der Waals surface area contributed by atoms with Crippen molar-refractivity contribution in [1.29, 1.82) is 0 Å². The maximum absolute atomic E-state index is 11.8. The van der Waals surface area contributed by atoms with E-state index < -0.39 is 11.9 Å². The number of carboxylic acids is 1. The molecule has 0 spiro atoms. The van der Waals surface area contributed by atoms with E-state index in [9.17, 15) is 9.59 Å². The Morgan fingerprint density at radius 2 is 1.95 bits per heavy atom. The van der Waals surface area contributed by atoms with Crippen molar-refractivity contribution in [3.63, 3.8) is 0 Å². The number of piperidine rings is 1. The smallest absolute Gasteiger partial charge is 0.355 e. The largest absolute Gasteiger partial charge is 0.476 e. The molecule has 1 aliphatic rings. The standard InChI is InChI=1S/C12H15N3O4/c1-19-12(18)8-9(11(16)17)13-7-14-10(8)15-5-3-2-4-6-15/h7H,2-6H2,1H3,(H,16,17). The van der Waals surface area contributed by atoms with E-state index in [1.807, 2.05) is 4.90 Å². The Morgan fingerprint density at radius 1 is 1.26 bits per heavy atom. The summed E-state index contributed by atoms with van der Waals surface area (Å²) in [5.74, 6) is -1.64. The van der Waals surface area contributed by atoms with Crippen LogP contribution in [0.15, 0.2) is 6.33 Å². The summed E-state index contributed by atoms with van der Waals surface area (Å²) in [6.07, 6.45) is 4.28. The zero-order chi connectivity index (χ0) is 13.8. The Bertz CT molecular complexity index is 498. The first-order valence-corrected chi connectivity index (χ1v) is 6.06. The van der Waals surface area contributed by atoms with Gasteiger partial charge in [-0.15, -0.1) is 0 Å². The van der Waals surface area contributed by atoms with E-state index in [1.165, 1.54) is 13.4 Å². The van der Waals surface area contributed by atoms with Crippen LogP contribution >= 0.6 is 0 Å². The molecule has 1 aromatic rings. The highest BCUT2D eigenvalue weighted by atomic mass is 16.5. The lowest BCUT2D eigenvalue weighted by Crippen LogP contribution is -2.32. The second kappa shape index (κ2) is 5.64. The average molecular weight is 265 g/mol. The monoisotopic (exact) mass is 265 g/mol. The molecule has 0 amide bonds. The number of aromatic carboxylic acids is 1. The average Bonchev–Trinajstić information content (AvgIpc) is 2.46. The molecular weight excluding hydrogens is 250 g/mol. The van der Waals surface area contributed by atoms with Crippen LogP contribution in [0.1, 0.15) is 40.1 Å². The summed E-state index contributed by atoms with van der Waals surface area (Å²) in [6, 6.07) is 0. The number of ether oxygens (including phenoxy) is 1. The van der Waals surface area contributed by atoms with Crippen molar-refractivity contribution in [3.8, 4) is 0 Å². The van der Waals surface area contributed by atoms with Crippen molar-refractivity contribution >= 4 is 17.8 Å². The van der Waals surface area contributed by atoms with Crippen molar-refractivity contribution < 1.29 is 19.4 Å². The predicted octanol–water partition coefficient (Wildman–Crippen LogP) is 0.952. The number of methoxy groups -OCH3 is 1. The predicted molar refractivity (Wildman–Crippen MR) is 66.4 cm³/mol. The van der Waals surface area contributed by atoms with Gasteiger partial charge in [-0.2, -0.15) is 0 Å². The zero-order valence-corrected chi connectivity index (χ0v) is 10.6. The Balaban J connectivity index is 2.49. The molecule has 0 aliphatic carbocycles. The molecule has 1 saturated heterocycles. The van der Waals surface area contributed by atoms with Gasteiger partial charge in [-0.3, -0.25) is 0 Å². The summed E-state index contributed by atoms with van der Waals surface area (Å²) in [6.45, 7) is 1.50. The quantitative estimate of drug-likeness (QED) is 0.813. The molecule has 1 N–H and O–H groups in total. The minimum Gasteiger partial charge on any atom is -0.476 e. The minimum absolute atomic E-state index is 0.0700. The van der Waals surface area contributed by atoms with Crippen molar-refractivity contribution in [2.24, 2.45) is 0 Å². The van der Waals surface area contributed by atoms with Gasteiger partial charge in [0.05, 0.1) is 7.11 Å². The van der Waals surface area contributed by atoms with E-state index in [0.29, 0.717) is 5.82 Å². The molecule has 7 heteroatoms. The van der Waals surface area contributed by atoms with Gasteiger partial charge in [0.25, 0.3) is 0 Å². The first kappa shape index (κ1) is 13.3. The Morgan fingerprint density at radius 3 is 2.53 bits per heavy atom. The van der Waals surface area contributed by atoms with E-state index in [4.69, 9.17) is 5.11 Å². The Kier molecular flexibility index (Phi) is 3.94. The molecule has 1 fully saturated rings. The molecule has 0 unspecified atom stereocenters.